The summed E-state index contributed by atoms with van der Waals surface area (Å²) in [6.45, 7) is 2.07. The fourth-order valence-corrected chi connectivity index (χ4v) is 3.11. The van der Waals surface area contributed by atoms with Crippen molar-refractivity contribution < 1.29 is 10.2 Å². The molecule has 2 rings (SSSR count). The fourth-order valence-electron chi connectivity index (χ4n) is 3.11. The van der Waals surface area contributed by atoms with Crippen LogP contribution in [0.4, 0.5) is 0 Å². The lowest BCUT2D eigenvalue weighted by atomic mass is 9.65. The zero-order valence-electron chi connectivity index (χ0n) is 10.5. The standard InChI is InChI=1S/C15H22O2/c1-2-15(11-12-7-4-3-5-8-12)13(16)9-6-10-14(15)17/h3-5,7-8,13-14,16-17H,2,6,9-11H2,1H3. The van der Waals surface area contributed by atoms with E-state index in [1.807, 2.05) is 18.2 Å². The summed E-state index contributed by atoms with van der Waals surface area (Å²) in [4.78, 5) is 0. The maximum absolute atomic E-state index is 10.3. The number of aliphatic hydroxyl groups is 2. The smallest absolute Gasteiger partial charge is 0.0624 e. The first-order valence-electron chi connectivity index (χ1n) is 6.59. The molecule has 0 aromatic heterocycles. The van der Waals surface area contributed by atoms with E-state index in [1.165, 1.54) is 5.56 Å². The lowest BCUT2D eigenvalue weighted by Gasteiger charge is -2.45. The summed E-state index contributed by atoms with van der Waals surface area (Å²) in [7, 11) is 0. The van der Waals surface area contributed by atoms with E-state index in [1.54, 1.807) is 0 Å². The molecule has 1 fully saturated rings. The second-order valence-electron chi connectivity index (χ2n) is 5.21. The lowest BCUT2D eigenvalue weighted by molar-refractivity contribution is -0.103. The molecule has 0 aliphatic heterocycles. The maximum Gasteiger partial charge on any atom is 0.0624 e. The van der Waals surface area contributed by atoms with E-state index >= 15 is 0 Å². The number of hydrogen-bond donors (Lipinski definition) is 2. The third-order valence-corrected chi connectivity index (χ3v) is 4.32. The van der Waals surface area contributed by atoms with Gasteiger partial charge < -0.3 is 10.2 Å². The average Bonchev–Trinajstić information content (AvgIpc) is 2.35. The molecule has 2 nitrogen and oxygen atoms in total. The van der Waals surface area contributed by atoms with Crippen molar-refractivity contribution in [3.63, 3.8) is 0 Å². The molecule has 17 heavy (non-hydrogen) atoms. The lowest BCUT2D eigenvalue weighted by Crippen LogP contribution is -2.49. The van der Waals surface area contributed by atoms with Gasteiger partial charge >= 0.3 is 0 Å². The highest BCUT2D eigenvalue weighted by Crippen LogP contribution is 2.42. The first-order chi connectivity index (χ1) is 8.19. The summed E-state index contributed by atoms with van der Waals surface area (Å²) in [6, 6.07) is 10.2. The number of aliphatic hydroxyl groups excluding tert-OH is 2. The predicted octanol–water partition coefficient (Wildman–Crippen LogP) is 2.53. The minimum absolute atomic E-state index is 0.348. The van der Waals surface area contributed by atoms with Crippen molar-refractivity contribution in [1.29, 1.82) is 0 Å². The highest BCUT2D eigenvalue weighted by molar-refractivity contribution is 5.18. The molecule has 0 amide bonds. The Morgan fingerprint density at radius 1 is 1.12 bits per heavy atom. The molecule has 1 aromatic carbocycles. The normalized spacial score (nSPS) is 33.6. The van der Waals surface area contributed by atoms with Gasteiger partial charge in [-0.25, -0.2) is 0 Å². The van der Waals surface area contributed by atoms with Crippen LogP contribution in [-0.4, -0.2) is 22.4 Å². The summed E-state index contributed by atoms with van der Waals surface area (Å²) in [5, 5.41) is 20.6. The van der Waals surface area contributed by atoms with Gasteiger partial charge in [-0.05, 0) is 37.7 Å². The zero-order valence-corrected chi connectivity index (χ0v) is 10.5. The Hall–Kier alpha value is -0.860. The van der Waals surface area contributed by atoms with Gasteiger partial charge in [-0.2, -0.15) is 0 Å². The predicted molar refractivity (Wildman–Crippen MR) is 68.7 cm³/mol. The molecule has 94 valence electrons. The second kappa shape index (κ2) is 5.19. The van der Waals surface area contributed by atoms with E-state index in [0.29, 0.717) is 0 Å². The van der Waals surface area contributed by atoms with Gasteiger partial charge in [0.25, 0.3) is 0 Å². The summed E-state index contributed by atoms with van der Waals surface area (Å²) in [5.41, 5.74) is 0.855. The molecule has 1 aliphatic carbocycles. The van der Waals surface area contributed by atoms with Crippen LogP contribution in [0.1, 0.15) is 38.2 Å². The van der Waals surface area contributed by atoms with Crippen molar-refractivity contribution in [3.05, 3.63) is 35.9 Å². The van der Waals surface area contributed by atoms with Gasteiger partial charge in [-0.1, -0.05) is 37.3 Å². The van der Waals surface area contributed by atoms with Crippen LogP contribution >= 0.6 is 0 Å². The Morgan fingerprint density at radius 3 is 2.24 bits per heavy atom. The Labute approximate surface area is 103 Å². The zero-order chi connectivity index (χ0) is 12.3. The van der Waals surface area contributed by atoms with Crippen LogP contribution in [0.15, 0.2) is 30.3 Å². The van der Waals surface area contributed by atoms with E-state index < -0.39 is 0 Å². The van der Waals surface area contributed by atoms with Crippen molar-refractivity contribution in [3.8, 4) is 0 Å². The van der Waals surface area contributed by atoms with Gasteiger partial charge in [-0.15, -0.1) is 0 Å². The van der Waals surface area contributed by atoms with Crippen LogP contribution in [0, 0.1) is 5.41 Å². The molecule has 0 heterocycles. The van der Waals surface area contributed by atoms with Crippen LogP contribution in [0.25, 0.3) is 0 Å². The fraction of sp³-hybridized carbons (Fsp3) is 0.600. The molecule has 0 saturated heterocycles. The van der Waals surface area contributed by atoms with Crippen LogP contribution in [-0.2, 0) is 6.42 Å². The summed E-state index contributed by atoms with van der Waals surface area (Å²) in [5.74, 6) is 0. The van der Waals surface area contributed by atoms with Gasteiger partial charge in [0.05, 0.1) is 12.2 Å². The maximum atomic E-state index is 10.3. The van der Waals surface area contributed by atoms with Gasteiger partial charge in [0.1, 0.15) is 0 Å². The minimum Gasteiger partial charge on any atom is -0.392 e. The molecule has 1 aliphatic rings. The van der Waals surface area contributed by atoms with Gasteiger partial charge in [0, 0.05) is 5.41 Å². The third kappa shape index (κ3) is 2.38. The van der Waals surface area contributed by atoms with Crippen LogP contribution < -0.4 is 0 Å². The third-order valence-electron chi connectivity index (χ3n) is 4.32. The van der Waals surface area contributed by atoms with Crippen LogP contribution in [0.5, 0.6) is 0 Å². The molecular weight excluding hydrogens is 212 g/mol. The van der Waals surface area contributed by atoms with E-state index in [9.17, 15) is 10.2 Å². The summed E-state index contributed by atoms with van der Waals surface area (Å²) >= 11 is 0. The van der Waals surface area contributed by atoms with Crippen molar-refractivity contribution >= 4 is 0 Å². The highest BCUT2D eigenvalue weighted by Gasteiger charge is 2.44. The van der Waals surface area contributed by atoms with E-state index in [4.69, 9.17) is 0 Å². The molecule has 1 aromatic rings. The van der Waals surface area contributed by atoms with Gasteiger partial charge in [0.2, 0.25) is 0 Å². The Balaban J connectivity index is 2.23. The molecule has 0 bridgehead atoms. The van der Waals surface area contributed by atoms with Crippen molar-refractivity contribution in [2.75, 3.05) is 0 Å². The van der Waals surface area contributed by atoms with Crippen LogP contribution in [0.3, 0.4) is 0 Å². The van der Waals surface area contributed by atoms with Gasteiger partial charge in [0.15, 0.2) is 0 Å². The molecule has 1 saturated carbocycles. The quantitative estimate of drug-likeness (QED) is 0.843. The minimum atomic E-state index is -0.378. The molecular formula is C15H22O2. The molecule has 2 heteroatoms. The van der Waals surface area contributed by atoms with E-state index in [-0.39, 0.29) is 17.6 Å². The van der Waals surface area contributed by atoms with Gasteiger partial charge in [-0.3, -0.25) is 0 Å². The monoisotopic (exact) mass is 234 g/mol. The number of hydrogen-bond acceptors (Lipinski definition) is 2. The SMILES string of the molecule is CCC1(Cc2ccccc2)C(O)CCCC1O. The molecule has 0 radical (unpaired) electrons. The Bertz CT molecular complexity index is 337. The molecule has 2 N–H and O–H groups in total. The molecule has 0 spiro atoms. The number of rotatable bonds is 3. The summed E-state index contributed by atoms with van der Waals surface area (Å²) < 4.78 is 0. The van der Waals surface area contributed by atoms with Crippen LogP contribution in [0.2, 0.25) is 0 Å². The second-order valence-corrected chi connectivity index (χ2v) is 5.21. The molecule has 2 unspecified atom stereocenters. The largest absolute Gasteiger partial charge is 0.392 e. The number of benzene rings is 1. The van der Waals surface area contributed by atoms with Crippen molar-refractivity contribution in [2.24, 2.45) is 5.41 Å². The van der Waals surface area contributed by atoms with E-state index in [2.05, 4.69) is 19.1 Å². The Morgan fingerprint density at radius 2 is 1.71 bits per heavy atom. The highest BCUT2D eigenvalue weighted by atomic mass is 16.3. The van der Waals surface area contributed by atoms with Crippen molar-refractivity contribution in [2.45, 2.75) is 51.2 Å². The average molecular weight is 234 g/mol. The van der Waals surface area contributed by atoms with E-state index in [0.717, 1.165) is 32.1 Å². The topological polar surface area (TPSA) is 40.5 Å². The first kappa shape index (κ1) is 12.6. The summed E-state index contributed by atoms with van der Waals surface area (Å²) in [6.07, 6.45) is 3.40. The Kier molecular flexibility index (Phi) is 3.85. The first-order valence-corrected chi connectivity index (χ1v) is 6.59. The molecule has 2 atom stereocenters. The van der Waals surface area contributed by atoms with Crippen molar-refractivity contribution in [1.82, 2.24) is 0 Å².